The fraction of sp³-hybridized carbons (Fsp3) is 0.118. The number of rotatable bonds is 3. The molecule has 1 heterocycles. The number of fused-ring (bicyclic) bond motifs is 1. The summed E-state index contributed by atoms with van der Waals surface area (Å²) < 4.78 is 0.969. The van der Waals surface area contributed by atoms with Crippen LogP contribution in [0, 0.1) is 6.92 Å². The van der Waals surface area contributed by atoms with Gasteiger partial charge < -0.3 is 10.1 Å². The van der Waals surface area contributed by atoms with Crippen molar-refractivity contribution in [3.05, 3.63) is 58.1 Å². The maximum atomic E-state index is 11.2. The zero-order valence-corrected chi connectivity index (χ0v) is 13.1. The van der Waals surface area contributed by atoms with Crippen LogP contribution in [0.1, 0.15) is 11.1 Å². The summed E-state index contributed by atoms with van der Waals surface area (Å²) in [6.45, 7) is 2.02. The maximum Gasteiger partial charge on any atom is 0.307 e. The van der Waals surface area contributed by atoms with E-state index in [1.165, 1.54) is 0 Å². The van der Waals surface area contributed by atoms with Crippen molar-refractivity contribution in [2.45, 2.75) is 13.3 Å². The van der Waals surface area contributed by atoms with Crippen LogP contribution < -0.4 is 0 Å². The number of nitrogens with one attached hydrogen (secondary N) is 1. The number of H-pyrrole nitrogens is 1. The van der Waals surface area contributed by atoms with E-state index in [2.05, 4.69) is 20.9 Å². The molecule has 2 aromatic carbocycles. The third kappa shape index (κ3) is 2.59. The van der Waals surface area contributed by atoms with Crippen LogP contribution in [0.4, 0.5) is 0 Å². The molecule has 0 amide bonds. The van der Waals surface area contributed by atoms with Crippen LogP contribution in [0.3, 0.4) is 0 Å². The van der Waals surface area contributed by atoms with Crippen molar-refractivity contribution < 1.29 is 9.90 Å². The molecule has 4 heteroatoms. The molecule has 0 aliphatic carbocycles. The molecule has 21 heavy (non-hydrogen) atoms. The molecule has 0 unspecified atom stereocenters. The highest BCUT2D eigenvalue weighted by atomic mass is 79.9. The second kappa shape index (κ2) is 5.37. The average molecular weight is 344 g/mol. The average Bonchev–Trinajstić information content (AvgIpc) is 2.79. The van der Waals surface area contributed by atoms with Crippen LogP contribution in [0.2, 0.25) is 0 Å². The Labute approximate surface area is 130 Å². The van der Waals surface area contributed by atoms with Crippen molar-refractivity contribution in [3.8, 4) is 11.3 Å². The number of halogens is 1. The van der Waals surface area contributed by atoms with Gasteiger partial charge in [-0.25, -0.2) is 0 Å². The van der Waals surface area contributed by atoms with Gasteiger partial charge in [0.25, 0.3) is 0 Å². The van der Waals surface area contributed by atoms with Crippen molar-refractivity contribution in [2.24, 2.45) is 0 Å². The minimum absolute atomic E-state index is 0.00526. The van der Waals surface area contributed by atoms with E-state index < -0.39 is 5.97 Å². The molecule has 0 aliphatic rings. The number of aliphatic carboxylic acids is 1. The predicted octanol–water partition coefficient (Wildman–Crippen LogP) is 4.53. The summed E-state index contributed by atoms with van der Waals surface area (Å²) in [6, 6.07) is 13.8. The largest absolute Gasteiger partial charge is 0.481 e. The van der Waals surface area contributed by atoms with E-state index in [1.807, 2.05) is 49.4 Å². The summed E-state index contributed by atoms with van der Waals surface area (Å²) in [5, 5.41) is 10.2. The minimum atomic E-state index is -0.825. The lowest BCUT2D eigenvalue weighted by atomic mass is 10.0. The van der Waals surface area contributed by atoms with Crippen LogP contribution in [0.5, 0.6) is 0 Å². The molecule has 0 bridgehead atoms. The summed E-state index contributed by atoms with van der Waals surface area (Å²) in [5.74, 6) is -0.825. The lowest BCUT2D eigenvalue weighted by Gasteiger charge is -2.03. The lowest BCUT2D eigenvalue weighted by Crippen LogP contribution is -2.00. The maximum absolute atomic E-state index is 11.2. The third-order valence-electron chi connectivity index (χ3n) is 3.59. The number of carbonyl (C=O) groups is 1. The van der Waals surface area contributed by atoms with Gasteiger partial charge in [-0.2, -0.15) is 0 Å². The Balaban J connectivity index is 2.30. The van der Waals surface area contributed by atoms with Gasteiger partial charge in [-0.15, -0.1) is 0 Å². The van der Waals surface area contributed by atoms with Crippen LogP contribution in [0.15, 0.2) is 46.9 Å². The van der Waals surface area contributed by atoms with Gasteiger partial charge >= 0.3 is 5.97 Å². The van der Waals surface area contributed by atoms with Gasteiger partial charge in [0.05, 0.1) is 12.1 Å². The smallest absolute Gasteiger partial charge is 0.307 e. The number of aromatic nitrogens is 1. The molecular formula is C17H14BrNO2. The molecule has 3 nitrogen and oxygen atoms in total. The van der Waals surface area contributed by atoms with Gasteiger partial charge in [-0.05, 0) is 35.7 Å². The molecule has 0 saturated heterocycles. The standard InChI is InChI=1S/C17H14BrNO2/c1-10-4-2-7-13-14(9-15(20)21)17(19-16(10)13)11-5-3-6-12(18)8-11/h2-8,19H,9H2,1H3,(H,20,21). The van der Waals surface area contributed by atoms with Crippen molar-refractivity contribution in [3.63, 3.8) is 0 Å². The van der Waals surface area contributed by atoms with Crippen LogP contribution in [-0.2, 0) is 11.2 Å². The van der Waals surface area contributed by atoms with Crippen LogP contribution >= 0.6 is 15.9 Å². The van der Waals surface area contributed by atoms with E-state index in [4.69, 9.17) is 0 Å². The Kier molecular flexibility index (Phi) is 3.55. The highest BCUT2D eigenvalue weighted by Crippen LogP contribution is 2.33. The second-order valence-electron chi connectivity index (χ2n) is 5.06. The normalized spacial score (nSPS) is 11.0. The number of aromatic amines is 1. The molecular weight excluding hydrogens is 330 g/mol. The lowest BCUT2D eigenvalue weighted by molar-refractivity contribution is -0.136. The van der Waals surface area contributed by atoms with Gasteiger partial charge in [0.2, 0.25) is 0 Å². The topological polar surface area (TPSA) is 53.1 Å². The van der Waals surface area contributed by atoms with Gasteiger partial charge in [-0.3, -0.25) is 4.79 Å². The Hall–Kier alpha value is -2.07. The van der Waals surface area contributed by atoms with Crippen molar-refractivity contribution in [2.75, 3.05) is 0 Å². The monoisotopic (exact) mass is 343 g/mol. The highest BCUT2D eigenvalue weighted by Gasteiger charge is 2.16. The third-order valence-corrected chi connectivity index (χ3v) is 4.08. The molecule has 0 radical (unpaired) electrons. The first-order valence-electron chi connectivity index (χ1n) is 6.64. The predicted molar refractivity (Wildman–Crippen MR) is 87.5 cm³/mol. The van der Waals surface area contributed by atoms with E-state index in [-0.39, 0.29) is 6.42 Å². The van der Waals surface area contributed by atoms with Crippen molar-refractivity contribution in [1.29, 1.82) is 0 Å². The molecule has 0 saturated carbocycles. The quantitative estimate of drug-likeness (QED) is 0.733. The molecule has 106 valence electrons. The first kappa shape index (κ1) is 13.9. The zero-order valence-electron chi connectivity index (χ0n) is 11.5. The number of aryl methyl sites for hydroxylation is 1. The minimum Gasteiger partial charge on any atom is -0.481 e. The van der Waals surface area contributed by atoms with Crippen molar-refractivity contribution >= 4 is 32.8 Å². The van der Waals surface area contributed by atoms with Gasteiger partial charge in [0, 0.05) is 15.4 Å². The molecule has 3 aromatic rings. The second-order valence-corrected chi connectivity index (χ2v) is 5.97. The number of para-hydroxylation sites is 1. The Morgan fingerprint density at radius 1 is 1.24 bits per heavy atom. The Morgan fingerprint density at radius 3 is 2.71 bits per heavy atom. The number of carboxylic acids is 1. The van der Waals surface area contributed by atoms with E-state index in [0.29, 0.717) is 0 Å². The number of hydrogen-bond donors (Lipinski definition) is 2. The zero-order chi connectivity index (χ0) is 15.0. The van der Waals surface area contributed by atoms with E-state index >= 15 is 0 Å². The van der Waals surface area contributed by atoms with Crippen LogP contribution in [-0.4, -0.2) is 16.1 Å². The van der Waals surface area contributed by atoms with Gasteiger partial charge in [0.15, 0.2) is 0 Å². The highest BCUT2D eigenvalue weighted by molar-refractivity contribution is 9.10. The van der Waals surface area contributed by atoms with E-state index in [0.717, 1.165) is 37.8 Å². The summed E-state index contributed by atoms with van der Waals surface area (Å²) in [7, 11) is 0. The summed E-state index contributed by atoms with van der Waals surface area (Å²) in [6.07, 6.45) is 0.00526. The number of carboxylic acid groups (broad SMARTS) is 1. The first-order chi connectivity index (χ1) is 10.1. The molecule has 3 rings (SSSR count). The Morgan fingerprint density at radius 2 is 2.00 bits per heavy atom. The summed E-state index contributed by atoms with van der Waals surface area (Å²) in [4.78, 5) is 14.6. The molecule has 0 spiro atoms. The van der Waals surface area contributed by atoms with E-state index in [9.17, 15) is 9.90 Å². The molecule has 1 aromatic heterocycles. The molecule has 0 atom stereocenters. The molecule has 0 fully saturated rings. The molecule has 0 aliphatic heterocycles. The number of hydrogen-bond acceptors (Lipinski definition) is 1. The first-order valence-corrected chi connectivity index (χ1v) is 7.43. The van der Waals surface area contributed by atoms with Crippen LogP contribution in [0.25, 0.3) is 22.2 Å². The fourth-order valence-corrected chi connectivity index (χ4v) is 3.04. The van der Waals surface area contributed by atoms with Gasteiger partial charge in [0.1, 0.15) is 0 Å². The van der Waals surface area contributed by atoms with Gasteiger partial charge in [-0.1, -0.05) is 46.3 Å². The van der Waals surface area contributed by atoms with Crippen molar-refractivity contribution in [1.82, 2.24) is 4.98 Å². The molecule has 2 N–H and O–H groups in total. The fourth-order valence-electron chi connectivity index (χ4n) is 2.65. The SMILES string of the molecule is Cc1cccc2c(CC(=O)O)c(-c3cccc(Br)c3)[nH]c12. The summed E-state index contributed by atoms with van der Waals surface area (Å²) >= 11 is 3.46. The Bertz CT molecular complexity index is 836. The number of benzene rings is 2. The summed E-state index contributed by atoms with van der Waals surface area (Å²) in [5.41, 5.74) is 4.81. The van der Waals surface area contributed by atoms with E-state index in [1.54, 1.807) is 0 Å².